The van der Waals surface area contributed by atoms with Crippen molar-refractivity contribution in [3.05, 3.63) is 29.6 Å². The molecule has 1 amide bonds. The average molecular weight is 268 g/mol. The molecule has 0 unspecified atom stereocenters. The van der Waals surface area contributed by atoms with E-state index in [0.29, 0.717) is 0 Å². The number of hydrogen-bond donors (Lipinski definition) is 1. The molecule has 1 aromatic rings. The molecule has 1 N–H and O–H groups in total. The summed E-state index contributed by atoms with van der Waals surface area (Å²) < 4.78 is 30.3. The van der Waals surface area contributed by atoms with Crippen molar-refractivity contribution in [1.29, 1.82) is 0 Å². The Morgan fingerprint density at radius 3 is 2.74 bits per heavy atom. The van der Waals surface area contributed by atoms with Crippen LogP contribution in [0.3, 0.4) is 0 Å². The Morgan fingerprint density at radius 2 is 2.16 bits per heavy atom. The molecule has 102 valence electrons. The second-order valence-corrected chi connectivity index (χ2v) is 4.65. The first-order valence-corrected chi connectivity index (χ1v) is 5.55. The molecule has 6 heteroatoms. The standard InChI is InChI=1S/C13H14F2N2O2/c1-13(2,3)19-12(18)16-6-4-5-9-7-10(14)11(15)17-8-9/h7-8H,6H2,1-3H3,(H,16,18). The predicted molar refractivity (Wildman–Crippen MR) is 65.3 cm³/mol. The smallest absolute Gasteiger partial charge is 0.408 e. The van der Waals surface area contributed by atoms with Crippen LogP contribution in [0.2, 0.25) is 0 Å². The lowest BCUT2D eigenvalue weighted by molar-refractivity contribution is 0.0535. The molecule has 0 bridgehead atoms. The maximum absolute atomic E-state index is 12.8. The van der Waals surface area contributed by atoms with Crippen LogP contribution in [0.5, 0.6) is 0 Å². The van der Waals surface area contributed by atoms with Gasteiger partial charge < -0.3 is 10.1 Å². The molecule has 0 spiro atoms. The lowest BCUT2D eigenvalue weighted by atomic mass is 10.2. The van der Waals surface area contributed by atoms with E-state index in [1.54, 1.807) is 20.8 Å². The van der Waals surface area contributed by atoms with Gasteiger partial charge in [0.15, 0.2) is 5.82 Å². The Morgan fingerprint density at radius 1 is 1.47 bits per heavy atom. The van der Waals surface area contributed by atoms with Gasteiger partial charge in [-0.05, 0) is 26.8 Å². The first kappa shape index (κ1) is 14.9. The summed E-state index contributed by atoms with van der Waals surface area (Å²) in [5, 5.41) is 2.41. The Balaban J connectivity index is 2.47. The fraction of sp³-hybridized carbons (Fsp3) is 0.385. The lowest BCUT2D eigenvalue weighted by Gasteiger charge is -2.18. The number of alkyl carbamates (subject to hydrolysis) is 1. The maximum Gasteiger partial charge on any atom is 0.408 e. The van der Waals surface area contributed by atoms with Gasteiger partial charge in [-0.3, -0.25) is 0 Å². The third-order valence-corrected chi connectivity index (χ3v) is 1.75. The van der Waals surface area contributed by atoms with Crippen molar-refractivity contribution in [2.45, 2.75) is 26.4 Å². The molecule has 19 heavy (non-hydrogen) atoms. The van der Waals surface area contributed by atoms with E-state index in [4.69, 9.17) is 4.74 Å². The molecule has 1 heterocycles. The molecule has 0 fully saturated rings. The van der Waals surface area contributed by atoms with Gasteiger partial charge in [0.2, 0.25) is 5.95 Å². The summed E-state index contributed by atoms with van der Waals surface area (Å²) >= 11 is 0. The number of rotatable bonds is 1. The van der Waals surface area contributed by atoms with E-state index in [0.717, 1.165) is 12.3 Å². The highest BCUT2D eigenvalue weighted by Crippen LogP contribution is 2.06. The van der Waals surface area contributed by atoms with E-state index in [1.807, 2.05) is 0 Å². The lowest BCUT2D eigenvalue weighted by Crippen LogP contribution is -2.32. The van der Waals surface area contributed by atoms with Gasteiger partial charge in [0.1, 0.15) is 5.60 Å². The van der Waals surface area contributed by atoms with Crippen LogP contribution in [-0.4, -0.2) is 23.2 Å². The summed E-state index contributed by atoms with van der Waals surface area (Å²) in [5.74, 6) is 2.88. The predicted octanol–water partition coefficient (Wildman–Crippen LogP) is 2.24. The number of amides is 1. The molecular weight excluding hydrogens is 254 g/mol. The molecule has 0 saturated heterocycles. The van der Waals surface area contributed by atoms with Crippen molar-refractivity contribution in [1.82, 2.24) is 10.3 Å². The average Bonchev–Trinajstić information content (AvgIpc) is 2.27. The fourth-order valence-corrected chi connectivity index (χ4v) is 1.07. The van der Waals surface area contributed by atoms with E-state index in [9.17, 15) is 13.6 Å². The van der Waals surface area contributed by atoms with Gasteiger partial charge in [0.25, 0.3) is 0 Å². The maximum atomic E-state index is 12.8. The van der Waals surface area contributed by atoms with Crippen molar-refractivity contribution in [3.8, 4) is 11.8 Å². The second kappa shape index (κ2) is 6.14. The van der Waals surface area contributed by atoms with Crippen LogP contribution < -0.4 is 5.32 Å². The summed E-state index contributed by atoms with van der Waals surface area (Å²) in [6.07, 6.45) is 0.518. The zero-order valence-corrected chi connectivity index (χ0v) is 10.9. The summed E-state index contributed by atoms with van der Waals surface area (Å²) in [4.78, 5) is 14.4. The van der Waals surface area contributed by atoms with Gasteiger partial charge in [0, 0.05) is 11.8 Å². The van der Waals surface area contributed by atoms with Crippen LogP contribution in [-0.2, 0) is 4.74 Å². The number of ether oxygens (including phenoxy) is 1. The first-order chi connectivity index (χ1) is 8.78. The second-order valence-electron chi connectivity index (χ2n) is 4.65. The van der Waals surface area contributed by atoms with Gasteiger partial charge in [0.05, 0.1) is 6.54 Å². The molecule has 0 aliphatic carbocycles. The van der Waals surface area contributed by atoms with Crippen LogP contribution in [0.1, 0.15) is 26.3 Å². The molecule has 1 rings (SSSR count). The first-order valence-electron chi connectivity index (χ1n) is 5.55. The Kier molecular flexibility index (Phi) is 4.81. The fourth-order valence-electron chi connectivity index (χ4n) is 1.07. The van der Waals surface area contributed by atoms with Crippen LogP contribution in [0.25, 0.3) is 0 Å². The number of hydrogen-bond acceptors (Lipinski definition) is 3. The van der Waals surface area contributed by atoms with E-state index < -0.39 is 23.5 Å². The Hall–Kier alpha value is -2.16. The molecule has 0 aliphatic rings. The zero-order valence-electron chi connectivity index (χ0n) is 10.9. The largest absolute Gasteiger partial charge is 0.444 e. The summed E-state index contributed by atoms with van der Waals surface area (Å²) in [6.45, 7) is 5.26. The highest BCUT2D eigenvalue weighted by molar-refractivity contribution is 5.68. The summed E-state index contributed by atoms with van der Waals surface area (Å²) in [7, 11) is 0. The normalized spacial score (nSPS) is 10.4. The van der Waals surface area contributed by atoms with Crippen molar-refractivity contribution >= 4 is 6.09 Å². The number of aromatic nitrogens is 1. The van der Waals surface area contributed by atoms with Gasteiger partial charge in [-0.15, -0.1) is 0 Å². The van der Waals surface area contributed by atoms with E-state index in [2.05, 4.69) is 22.1 Å². The highest BCUT2D eigenvalue weighted by Gasteiger charge is 2.14. The van der Waals surface area contributed by atoms with Crippen LogP contribution in [0.15, 0.2) is 12.3 Å². The number of carbonyl (C=O) groups is 1. The van der Waals surface area contributed by atoms with Gasteiger partial charge in [-0.25, -0.2) is 14.2 Å². The summed E-state index contributed by atoms with van der Waals surface area (Å²) in [6, 6.07) is 0.933. The molecule has 0 aromatic carbocycles. The third-order valence-electron chi connectivity index (χ3n) is 1.75. The number of nitrogens with zero attached hydrogens (tertiary/aromatic N) is 1. The number of carbonyl (C=O) groups excluding carboxylic acids is 1. The van der Waals surface area contributed by atoms with Crippen molar-refractivity contribution < 1.29 is 18.3 Å². The van der Waals surface area contributed by atoms with Crippen molar-refractivity contribution in [3.63, 3.8) is 0 Å². The Bertz CT molecular complexity index is 528. The highest BCUT2D eigenvalue weighted by atomic mass is 19.2. The third kappa shape index (κ3) is 5.82. The number of nitrogens with one attached hydrogen (secondary N) is 1. The minimum atomic E-state index is -1.17. The molecule has 0 saturated carbocycles. The van der Waals surface area contributed by atoms with Crippen LogP contribution >= 0.6 is 0 Å². The van der Waals surface area contributed by atoms with Crippen molar-refractivity contribution in [2.75, 3.05) is 6.54 Å². The quantitative estimate of drug-likeness (QED) is 0.627. The van der Waals surface area contributed by atoms with Gasteiger partial charge in [-0.1, -0.05) is 11.8 Å². The summed E-state index contributed by atoms with van der Waals surface area (Å²) in [5.41, 5.74) is -0.355. The molecule has 0 aliphatic heterocycles. The van der Waals surface area contributed by atoms with Crippen LogP contribution in [0, 0.1) is 23.6 Å². The topological polar surface area (TPSA) is 51.2 Å². The van der Waals surface area contributed by atoms with Gasteiger partial charge in [-0.2, -0.15) is 4.39 Å². The number of halogens is 2. The SMILES string of the molecule is CC(C)(C)OC(=O)NCC#Cc1cnc(F)c(F)c1. The van der Waals surface area contributed by atoms with E-state index >= 15 is 0 Å². The molecule has 0 radical (unpaired) electrons. The molecule has 0 atom stereocenters. The molecule has 1 aromatic heterocycles. The van der Waals surface area contributed by atoms with E-state index in [-0.39, 0.29) is 12.1 Å². The molecular formula is C13H14F2N2O2. The number of pyridine rings is 1. The van der Waals surface area contributed by atoms with Gasteiger partial charge >= 0.3 is 6.09 Å². The molecule has 4 nitrogen and oxygen atoms in total. The minimum absolute atomic E-state index is 0.0356. The Labute approximate surface area is 110 Å². The minimum Gasteiger partial charge on any atom is -0.444 e. The van der Waals surface area contributed by atoms with Crippen molar-refractivity contribution in [2.24, 2.45) is 0 Å². The zero-order chi connectivity index (χ0) is 14.5. The monoisotopic (exact) mass is 268 g/mol. The van der Waals surface area contributed by atoms with E-state index in [1.165, 1.54) is 0 Å². The van der Waals surface area contributed by atoms with Crippen LogP contribution in [0.4, 0.5) is 13.6 Å².